The van der Waals surface area contributed by atoms with Crippen LogP contribution in [-0.4, -0.2) is 36.4 Å². The SMILES string of the molecule is COc1cc(C)c(CN(C)C(C)c2nnc(-c3ccc(C)cc3)o2)cc1OC. The fourth-order valence-electron chi connectivity index (χ4n) is 3.00. The Kier molecular flexibility index (Phi) is 5.99. The normalized spacial score (nSPS) is 12.2. The summed E-state index contributed by atoms with van der Waals surface area (Å²) in [6, 6.07) is 12.0. The minimum Gasteiger partial charge on any atom is -0.493 e. The lowest BCUT2D eigenvalue weighted by Gasteiger charge is -2.23. The first-order chi connectivity index (χ1) is 13.4. The maximum atomic E-state index is 5.93. The highest BCUT2D eigenvalue weighted by molar-refractivity contribution is 5.53. The van der Waals surface area contributed by atoms with Crippen LogP contribution in [0.4, 0.5) is 0 Å². The smallest absolute Gasteiger partial charge is 0.247 e. The Morgan fingerprint density at radius 1 is 1.00 bits per heavy atom. The second kappa shape index (κ2) is 8.44. The van der Waals surface area contributed by atoms with Crippen LogP contribution in [0.2, 0.25) is 0 Å². The summed E-state index contributed by atoms with van der Waals surface area (Å²) in [5.41, 5.74) is 4.42. The molecule has 3 aromatic rings. The molecule has 0 aliphatic carbocycles. The average Bonchev–Trinajstić information content (AvgIpc) is 3.19. The van der Waals surface area contributed by atoms with Gasteiger partial charge in [0.2, 0.25) is 11.8 Å². The Morgan fingerprint density at radius 3 is 2.29 bits per heavy atom. The lowest BCUT2D eigenvalue weighted by atomic mass is 10.1. The van der Waals surface area contributed by atoms with Gasteiger partial charge in [-0.1, -0.05) is 17.7 Å². The number of methoxy groups -OCH3 is 2. The predicted molar refractivity (Wildman–Crippen MR) is 109 cm³/mol. The van der Waals surface area contributed by atoms with Crippen molar-refractivity contribution in [2.24, 2.45) is 0 Å². The molecule has 0 radical (unpaired) electrons. The average molecular weight is 381 g/mol. The zero-order valence-corrected chi connectivity index (χ0v) is 17.3. The van der Waals surface area contributed by atoms with E-state index < -0.39 is 0 Å². The van der Waals surface area contributed by atoms with Crippen molar-refractivity contribution in [2.75, 3.05) is 21.3 Å². The van der Waals surface area contributed by atoms with Crippen molar-refractivity contribution in [3.63, 3.8) is 0 Å². The van der Waals surface area contributed by atoms with Crippen LogP contribution in [0.5, 0.6) is 11.5 Å². The van der Waals surface area contributed by atoms with Crippen molar-refractivity contribution in [3.8, 4) is 23.0 Å². The zero-order valence-electron chi connectivity index (χ0n) is 17.3. The second-order valence-electron chi connectivity index (χ2n) is 7.04. The highest BCUT2D eigenvalue weighted by Crippen LogP contribution is 2.32. The van der Waals surface area contributed by atoms with Gasteiger partial charge in [-0.15, -0.1) is 10.2 Å². The molecule has 0 aliphatic rings. The van der Waals surface area contributed by atoms with Crippen LogP contribution in [0.25, 0.3) is 11.5 Å². The van der Waals surface area contributed by atoms with E-state index in [-0.39, 0.29) is 6.04 Å². The molecule has 148 valence electrons. The van der Waals surface area contributed by atoms with E-state index in [1.54, 1.807) is 14.2 Å². The molecule has 0 spiro atoms. The number of hydrogen-bond acceptors (Lipinski definition) is 6. The standard InChI is InChI=1S/C22H27N3O3/c1-14-7-9-17(10-8-14)22-24-23-21(28-22)16(3)25(4)13-18-12-20(27-6)19(26-5)11-15(18)2/h7-12,16H,13H2,1-6H3. The first kappa shape index (κ1) is 19.9. The van der Waals surface area contributed by atoms with Crippen LogP contribution in [0.15, 0.2) is 40.8 Å². The van der Waals surface area contributed by atoms with Crippen LogP contribution >= 0.6 is 0 Å². The van der Waals surface area contributed by atoms with Gasteiger partial charge in [0.15, 0.2) is 11.5 Å². The zero-order chi connectivity index (χ0) is 20.3. The summed E-state index contributed by atoms with van der Waals surface area (Å²) < 4.78 is 16.7. The van der Waals surface area contributed by atoms with Crippen molar-refractivity contribution < 1.29 is 13.9 Å². The molecule has 0 amide bonds. The summed E-state index contributed by atoms with van der Waals surface area (Å²) in [6.07, 6.45) is 0. The molecule has 0 bridgehead atoms. The van der Waals surface area contributed by atoms with Gasteiger partial charge >= 0.3 is 0 Å². The summed E-state index contributed by atoms with van der Waals surface area (Å²) in [5, 5.41) is 8.47. The van der Waals surface area contributed by atoms with Crippen molar-refractivity contribution in [2.45, 2.75) is 33.4 Å². The summed E-state index contributed by atoms with van der Waals surface area (Å²) in [7, 11) is 5.33. The molecule has 0 saturated heterocycles. The van der Waals surface area contributed by atoms with Crippen LogP contribution < -0.4 is 9.47 Å². The Morgan fingerprint density at radius 2 is 1.64 bits per heavy atom. The summed E-state index contributed by atoms with van der Waals surface area (Å²) >= 11 is 0. The van der Waals surface area contributed by atoms with Gasteiger partial charge in [0.25, 0.3) is 0 Å². The highest BCUT2D eigenvalue weighted by Gasteiger charge is 2.20. The molecule has 28 heavy (non-hydrogen) atoms. The molecule has 0 N–H and O–H groups in total. The molecule has 6 nitrogen and oxygen atoms in total. The number of aromatic nitrogens is 2. The van der Waals surface area contributed by atoms with Gasteiger partial charge in [0.1, 0.15) is 0 Å². The molecule has 2 aromatic carbocycles. The van der Waals surface area contributed by atoms with Gasteiger partial charge in [-0.05, 0) is 63.2 Å². The molecule has 0 saturated carbocycles. The van der Waals surface area contributed by atoms with Crippen LogP contribution in [0.1, 0.15) is 35.5 Å². The number of rotatable bonds is 7. The number of nitrogens with zero attached hydrogens (tertiary/aromatic N) is 3. The molecule has 6 heteroatoms. The number of ether oxygens (including phenoxy) is 2. The minimum atomic E-state index is -0.0285. The Hall–Kier alpha value is -2.86. The van der Waals surface area contributed by atoms with Crippen molar-refractivity contribution in [3.05, 3.63) is 59.0 Å². The summed E-state index contributed by atoms with van der Waals surface area (Å²) in [4.78, 5) is 2.17. The lowest BCUT2D eigenvalue weighted by Crippen LogP contribution is -2.22. The van der Waals surface area contributed by atoms with E-state index >= 15 is 0 Å². The van der Waals surface area contributed by atoms with Gasteiger partial charge in [0, 0.05) is 12.1 Å². The first-order valence-electron chi connectivity index (χ1n) is 9.25. The van der Waals surface area contributed by atoms with Gasteiger partial charge in [-0.3, -0.25) is 4.90 Å². The topological polar surface area (TPSA) is 60.6 Å². The molecule has 1 unspecified atom stereocenters. The van der Waals surface area contributed by atoms with Crippen molar-refractivity contribution in [1.82, 2.24) is 15.1 Å². The maximum Gasteiger partial charge on any atom is 0.247 e. The summed E-state index contributed by atoms with van der Waals surface area (Å²) in [5.74, 6) is 2.59. The van der Waals surface area contributed by atoms with Crippen LogP contribution in [0, 0.1) is 13.8 Å². The van der Waals surface area contributed by atoms with Gasteiger partial charge < -0.3 is 13.9 Å². The molecule has 1 aromatic heterocycles. The van der Waals surface area contributed by atoms with Crippen LogP contribution in [-0.2, 0) is 6.54 Å². The minimum absolute atomic E-state index is 0.0285. The molecular weight excluding hydrogens is 354 g/mol. The number of benzene rings is 2. The van der Waals surface area contributed by atoms with E-state index in [2.05, 4.69) is 35.9 Å². The Labute approximate surface area is 166 Å². The molecule has 0 aliphatic heterocycles. The monoisotopic (exact) mass is 381 g/mol. The summed E-state index contributed by atoms with van der Waals surface area (Å²) in [6.45, 7) is 6.90. The largest absolute Gasteiger partial charge is 0.493 e. The van der Waals surface area contributed by atoms with E-state index in [1.165, 1.54) is 5.56 Å². The second-order valence-corrected chi connectivity index (χ2v) is 7.04. The van der Waals surface area contributed by atoms with Crippen molar-refractivity contribution >= 4 is 0 Å². The molecule has 3 rings (SSSR count). The predicted octanol–water partition coefficient (Wildman–Crippen LogP) is 4.56. The molecular formula is C22H27N3O3. The number of aryl methyl sites for hydroxylation is 2. The van der Waals surface area contributed by atoms with Gasteiger partial charge in [-0.2, -0.15) is 0 Å². The van der Waals surface area contributed by atoms with Gasteiger partial charge in [-0.25, -0.2) is 0 Å². The quantitative estimate of drug-likeness (QED) is 0.598. The third kappa shape index (κ3) is 4.17. The van der Waals surface area contributed by atoms with E-state index in [1.807, 2.05) is 43.4 Å². The van der Waals surface area contributed by atoms with E-state index in [9.17, 15) is 0 Å². The third-order valence-corrected chi connectivity index (χ3v) is 5.02. The van der Waals surface area contributed by atoms with Crippen molar-refractivity contribution in [1.29, 1.82) is 0 Å². The highest BCUT2D eigenvalue weighted by atomic mass is 16.5. The fraction of sp³-hybridized carbons (Fsp3) is 0.364. The molecule has 1 heterocycles. The molecule has 1 atom stereocenters. The fourth-order valence-corrected chi connectivity index (χ4v) is 3.00. The van der Waals surface area contributed by atoms with Gasteiger partial charge in [0.05, 0.1) is 20.3 Å². The lowest BCUT2D eigenvalue weighted by molar-refractivity contribution is 0.217. The Bertz CT molecular complexity index is 935. The Balaban J connectivity index is 1.76. The third-order valence-electron chi connectivity index (χ3n) is 5.02. The van der Waals surface area contributed by atoms with E-state index in [4.69, 9.17) is 13.9 Å². The van der Waals surface area contributed by atoms with Crippen LogP contribution in [0.3, 0.4) is 0 Å². The maximum absolute atomic E-state index is 5.93. The van der Waals surface area contributed by atoms with E-state index in [0.717, 1.165) is 34.7 Å². The number of hydrogen-bond donors (Lipinski definition) is 0. The van der Waals surface area contributed by atoms with E-state index in [0.29, 0.717) is 11.8 Å². The molecule has 0 fully saturated rings. The first-order valence-corrected chi connectivity index (χ1v) is 9.25.